The minimum absolute atomic E-state index is 0.189. The maximum absolute atomic E-state index is 10.8. The van der Waals surface area contributed by atoms with Gasteiger partial charge in [-0.15, -0.1) is 0 Å². The van der Waals surface area contributed by atoms with Crippen LogP contribution in [0, 0.1) is 0 Å². The molecular formula is C13H14ClN3O2. The van der Waals surface area contributed by atoms with Crippen LogP contribution in [0.25, 0.3) is 0 Å². The molecule has 0 spiro atoms. The number of nitrogens with one attached hydrogen (secondary N) is 1. The average molecular weight is 280 g/mol. The molecule has 0 aliphatic heterocycles. The van der Waals surface area contributed by atoms with E-state index in [0.717, 1.165) is 25.2 Å². The number of benzene rings is 1. The van der Waals surface area contributed by atoms with Crippen molar-refractivity contribution in [2.75, 3.05) is 11.9 Å². The molecule has 0 atom stereocenters. The molecule has 0 bridgehead atoms. The molecular weight excluding hydrogens is 266 g/mol. The summed E-state index contributed by atoms with van der Waals surface area (Å²) in [6, 6.07) is 4.66. The second-order valence-electron chi connectivity index (χ2n) is 4.08. The zero-order valence-electron chi connectivity index (χ0n) is 10.2. The van der Waals surface area contributed by atoms with Crippen molar-refractivity contribution in [3.05, 3.63) is 47.5 Å². The largest absolute Gasteiger partial charge is 0.478 e. The molecule has 0 fully saturated rings. The minimum atomic E-state index is -0.978. The van der Waals surface area contributed by atoms with Crippen LogP contribution in [-0.2, 0) is 6.54 Å². The summed E-state index contributed by atoms with van der Waals surface area (Å²) in [5.41, 5.74) is 0.936. The summed E-state index contributed by atoms with van der Waals surface area (Å²) >= 11 is 6.01. The third-order valence-corrected chi connectivity index (χ3v) is 3.00. The summed E-state index contributed by atoms with van der Waals surface area (Å²) in [4.78, 5) is 14.7. The van der Waals surface area contributed by atoms with E-state index in [0.29, 0.717) is 5.02 Å². The summed E-state index contributed by atoms with van der Waals surface area (Å²) in [5, 5.41) is 12.4. The van der Waals surface area contributed by atoms with E-state index < -0.39 is 5.97 Å². The number of carbonyl (C=O) groups is 1. The van der Waals surface area contributed by atoms with Gasteiger partial charge in [-0.25, -0.2) is 9.78 Å². The van der Waals surface area contributed by atoms with Crippen LogP contribution in [0.15, 0.2) is 36.9 Å². The maximum atomic E-state index is 10.8. The molecule has 0 radical (unpaired) electrons. The van der Waals surface area contributed by atoms with Crippen LogP contribution in [0.4, 0.5) is 5.69 Å². The number of rotatable bonds is 6. The number of aromatic nitrogens is 2. The second-order valence-corrected chi connectivity index (χ2v) is 4.49. The molecule has 5 nitrogen and oxygen atoms in total. The number of nitrogens with zero attached hydrogens (tertiary/aromatic N) is 2. The van der Waals surface area contributed by atoms with E-state index in [1.54, 1.807) is 18.6 Å². The molecule has 19 heavy (non-hydrogen) atoms. The lowest BCUT2D eigenvalue weighted by atomic mass is 10.2. The van der Waals surface area contributed by atoms with Gasteiger partial charge in [0.2, 0.25) is 0 Å². The second kappa shape index (κ2) is 6.24. The zero-order chi connectivity index (χ0) is 13.7. The first-order valence-corrected chi connectivity index (χ1v) is 6.27. The Balaban J connectivity index is 1.84. The lowest BCUT2D eigenvalue weighted by Crippen LogP contribution is -2.06. The topological polar surface area (TPSA) is 67.2 Å². The lowest BCUT2D eigenvalue weighted by Gasteiger charge is -2.09. The van der Waals surface area contributed by atoms with Gasteiger partial charge in [-0.2, -0.15) is 0 Å². The Bertz CT molecular complexity index is 555. The van der Waals surface area contributed by atoms with Crippen LogP contribution >= 0.6 is 11.6 Å². The van der Waals surface area contributed by atoms with Crippen LogP contribution in [0.3, 0.4) is 0 Å². The maximum Gasteiger partial charge on any atom is 0.335 e. The molecule has 100 valence electrons. The molecule has 0 saturated carbocycles. The number of hydrogen-bond donors (Lipinski definition) is 2. The van der Waals surface area contributed by atoms with Gasteiger partial charge in [0.15, 0.2) is 0 Å². The fourth-order valence-electron chi connectivity index (χ4n) is 1.70. The van der Waals surface area contributed by atoms with Crippen LogP contribution in [-0.4, -0.2) is 27.2 Å². The number of carboxylic acid groups (broad SMARTS) is 1. The van der Waals surface area contributed by atoms with Gasteiger partial charge in [-0.1, -0.05) is 11.6 Å². The SMILES string of the molecule is O=C(O)c1ccc(NCCCn2ccnc2)c(Cl)c1. The standard InChI is InChI=1S/C13H14ClN3O2/c14-11-8-10(13(18)19)2-3-12(11)16-4-1-6-17-7-5-15-9-17/h2-3,5,7-9,16H,1,4,6H2,(H,18,19). The number of anilines is 1. The van der Waals surface area contributed by atoms with Crippen molar-refractivity contribution in [2.24, 2.45) is 0 Å². The molecule has 2 N–H and O–H groups in total. The number of halogens is 1. The summed E-state index contributed by atoms with van der Waals surface area (Å²) in [7, 11) is 0. The van der Waals surface area contributed by atoms with Gasteiger partial charge in [0, 0.05) is 25.5 Å². The Hall–Kier alpha value is -2.01. The fourth-order valence-corrected chi connectivity index (χ4v) is 1.94. The van der Waals surface area contributed by atoms with E-state index >= 15 is 0 Å². The molecule has 0 aliphatic carbocycles. The minimum Gasteiger partial charge on any atom is -0.478 e. The van der Waals surface area contributed by atoms with Gasteiger partial charge in [0.1, 0.15) is 0 Å². The molecule has 2 aromatic rings. The van der Waals surface area contributed by atoms with E-state index in [4.69, 9.17) is 16.7 Å². The molecule has 6 heteroatoms. The molecule has 0 aliphatic rings. The summed E-state index contributed by atoms with van der Waals surface area (Å²) < 4.78 is 2.00. The van der Waals surface area contributed by atoms with Crippen molar-refractivity contribution in [1.29, 1.82) is 0 Å². The van der Waals surface area contributed by atoms with Gasteiger partial charge in [0.05, 0.1) is 22.6 Å². The van der Waals surface area contributed by atoms with Gasteiger partial charge >= 0.3 is 5.97 Å². The Labute approximate surface area is 115 Å². The monoisotopic (exact) mass is 279 g/mol. The number of aromatic carboxylic acids is 1. The van der Waals surface area contributed by atoms with Crippen molar-refractivity contribution in [2.45, 2.75) is 13.0 Å². The highest BCUT2D eigenvalue weighted by Gasteiger charge is 2.06. The first-order chi connectivity index (χ1) is 9.16. The fraction of sp³-hybridized carbons (Fsp3) is 0.231. The van der Waals surface area contributed by atoms with Crippen molar-refractivity contribution in [3.63, 3.8) is 0 Å². The Morgan fingerprint density at radius 1 is 1.47 bits per heavy atom. The number of carboxylic acids is 1. The van der Waals surface area contributed by atoms with Crippen molar-refractivity contribution < 1.29 is 9.90 Å². The third kappa shape index (κ3) is 3.72. The van der Waals surface area contributed by atoms with E-state index in [1.165, 1.54) is 12.1 Å². The van der Waals surface area contributed by atoms with Gasteiger partial charge in [0.25, 0.3) is 0 Å². The first-order valence-electron chi connectivity index (χ1n) is 5.89. The van der Waals surface area contributed by atoms with Gasteiger partial charge in [-0.3, -0.25) is 0 Å². The molecule has 1 aromatic carbocycles. The lowest BCUT2D eigenvalue weighted by molar-refractivity contribution is 0.0697. The predicted molar refractivity (Wildman–Crippen MR) is 73.7 cm³/mol. The van der Waals surface area contributed by atoms with Crippen LogP contribution in [0.5, 0.6) is 0 Å². The average Bonchev–Trinajstić information content (AvgIpc) is 2.89. The highest BCUT2D eigenvalue weighted by Crippen LogP contribution is 2.23. The summed E-state index contributed by atoms with van der Waals surface area (Å²) in [5.74, 6) is -0.978. The van der Waals surface area contributed by atoms with Crippen LogP contribution in [0.1, 0.15) is 16.8 Å². The van der Waals surface area contributed by atoms with E-state index in [9.17, 15) is 4.79 Å². The smallest absolute Gasteiger partial charge is 0.335 e. The third-order valence-electron chi connectivity index (χ3n) is 2.68. The van der Waals surface area contributed by atoms with Gasteiger partial charge < -0.3 is 15.0 Å². The van der Waals surface area contributed by atoms with E-state index in [-0.39, 0.29) is 5.56 Å². The van der Waals surface area contributed by atoms with E-state index in [1.807, 2.05) is 10.8 Å². The number of aryl methyl sites for hydroxylation is 1. The highest BCUT2D eigenvalue weighted by atomic mass is 35.5. The molecule has 1 heterocycles. The highest BCUT2D eigenvalue weighted by molar-refractivity contribution is 6.33. The van der Waals surface area contributed by atoms with Crippen molar-refractivity contribution >= 4 is 23.3 Å². The zero-order valence-corrected chi connectivity index (χ0v) is 11.0. The van der Waals surface area contributed by atoms with Crippen molar-refractivity contribution in [1.82, 2.24) is 9.55 Å². The Kier molecular flexibility index (Phi) is 4.41. The molecule has 2 rings (SSSR count). The first kappa shape index (κ1) is 13.4. The number of imidazole rings is 1. The summed E-state index contributed by atoms with van der Waals surface area (Å²) in [6.45, 7) is 1.63. The molecule has 0 unspecified atom stereocenters. The Morgan fingerprint density at radius 3 is 2.95 bits per heavy atom. The van der Waals surface area contributed by atoms with Crippen LogP contribution < -0.4 is 5.32 Å². The molecule has 0 saturated heterocycles. The normalized spacial score (nSPS) is 10.4. The molecule has 1 aromatic heterocycles. The Morgan fingerprint density at radius 2 is 2.32 bits per heavy atom. The predicted octanol–water partition coefficient (Wildman–Crippen LogP) is 2.74. The number of hydrogen-bond acceptors (Lipinski definition) is 3. The molecule has 0 amide bonds. The van der Waals surface area contributed by atoms with E-state index in [2.05, 4.69) is 10.3 Å². The van der Waals surface area contributed by atoms with Gasteiger partial charge in [-0.05, 0) is 24.6 Å². The summed E-state index contributed by atoms with van der Waals surface area (Å²) in [6.07, 6.45) is 6.35. The quantitative estimate of drug-likeness (QED) is 0.798. The van der Waals surface area contributed by atoms with Crippen LogP contribution in [0.2, 0.25) is 5.02 Å². The van der Waals surface area contributed by atoms with Crippen molar-refractivity contribution in [3.8, 4) is 0 Å².